The van der Waals surface area contributed by atoms with Crippen molar-refractivity contribution in [1.29, 1.82) is 0 Å². The summed E-state index contributed by atoms with van der Waals surface area (Å²) in [5.74, 6) is -2.25. The van der Waals surface area contributed by atoms with E-state index in [1.54, 1.807) is 30.3 Å². The Hall–Kier alpha value is -1.69. The van der Waals surface area contributed by atoms with Crippen LogP contribution >= 0.6 is 0 Å². The quantitative estimate of drug-likeness (QED) is 0.485. The number of esters is 1. The van der Waals surface area contributed by atoms with Gasteiger partial charge in [0.25, 0.3) is 0 Å². The zero-order valence-corrected chi connectivity index (χ0v) is 10.5. The zero-order chi connectivity index (χ0) is 13.6. The second-order valence-electron chi connectivity index (χ2n) is 3.47. The standard InChI is InChI=1S/C13H16O5/c1-16-12(14)8-7-10-5-4-6-11(9-10)13(15,17-2)18-3/h4-9,15H,1-3H3/b8-7+. The Labute approximate surface area is 106 Å². The van der Waals surface area contributed by atoms with Gasteiger partial charge < -0.3 is 19.3 Å². The molecule has 0 saturated heterocycles. The van der Waals surface area contributed by atoms with Crippen molar-refractivity contribution in [1.82, 2.24) is 0 Å². The summed E-state index contributed by atoms with van der Waals surface area (Å²) >= 11 is 0. The predicted octanol–water partition coefficient (Wildman–Crippen LogP) is 1.27. The van der Waals surface area contributed by atoms with Crippen LogP contribution < -0.4 is 0 Å². The van der Waals surface area contributed by atoms with E-state index >= 15 is 0 Å². The Bertz CT molecular complexity index is 435. The lowest BCUT2D eigenvalue weighted by atomic mass is 10.1. The van der Waals surface area contributed by atoms with E-state index in [1.807, 2.05) is 0 Å². The van der Waals surface area contributed by atoms with E-state index in [2.05, 4.69) is 4.74 Å². The third-order valence-corrected chi connectivity index (χ3v) is 2.42. The maximum atomic E-state index is 11.0. The minimum absolute atomic E-state index is 0.430. The minimum Gasteiger partial charge on any atom is -0.466 e. The fourth-order valence-electron chi connectivity index (χ4n) is 1.39. The van der Waals surface area contributed by atoms with Crippen LogP contribution in [0.25, 0.3) is 6.08 Å². The van der Waals surface area contributed by atoms with Crippen LogP contribution in [-0.2, 0) is 25.0 Å². The minimum atomic E-state index is -1.80. The summed E-state index contributed by atoms with van der Waals surface area (Å²) in [4.78, 5) is 11.0. The number of rotatable bonds is 5. The summed E-state index contributed by atoms with van der Waals surface area (Å²) < 4.78 is 14.3. The van der Waals surface area contributed by atoms with Crippen molar-refractivity contribution in [3.8, 4) is 0 Å². The Balaban J connectivity index is 2.99. The average Bonchev–Trinajstić information content (AvgIpc) is 2.44. The van der Waals surface area contributed by atoms with E-state index < -0.39 is 11.9 Å². The van der Waals surface area contributed by atoms with Crippen molar-refractivity contribution in [2.45, 2.75) is 5.97 Å². The van der Waals surface area contributed by atoms with E-state index in [1.165, 1.54) is 27.4 Å². The van der Waals surface area contributed by atoms with Gasteiger partial charge in [-0.1, -0.05) is 18.2 Å². The first kappa shape index (κ1) is 14.4. The Kier molecular flexibility index (Phi) is 5.03. The molecule has 5 heteroatoms. The monoisotopic (exact) mass is 252 g/mol. The van der Waals surface area contributed by atoms with E-state index in [-0.39, 0.29) is 0 Å². The molecule has 0 bridgehead atoms. The summed E-state index contributed by atoms with van der Waals surface area (Å²) in [5.41, 5.74) is 1.14. The molecule has 98 valence electrons. The van der Waals surface area contributed by atoms with Crippen molar-refractivity contribution in [3.05, 3.63) is 41.5 Å². The molecule has 18 heavy (non-hydrogen) atoms. The molecule has 1 aromatic carbocycles. The number of ether oxygens (including phenoxy) is 3. The number of methoxy groups -OCH3 is 3. The van der Waals surface area contributed by atoms with E-state index in [0.717, 1.165) is 0 Å². The van der Waals surface area contributed by atoms with Crippen molar-refractivity contribution in [2.24, 2.45) is 0 Å². The smallest absolute Gasteiger partial charge is 0.330 e. The average molecular weight is 252 g/mol. The number of aliphatic hydroxyl groups is 1. The first-order valence-corrected chi connectivity index (χ1v) is 5.25. The lowest BCUT2D eigenvalue weighted by molar-refractivity contribution is -0.352. The SMILES string of the molecule is COC(=O)/C=C/c1cccc(C(O)(OC)OC)c1. The first-order chi connectivity index (χ1) is 8.55. The number of benzene rings is 1. The molecule has 0 amide bonds. The van der Waals surface area contributed by atoms with Crippen LogP contribution in [0.4, 0.5) is 0 Å². The van der Waals surface area contributed by atoms with Gasteiger partial charge in [-0.25, -0.2) is 4.79 Å². The van der Waals surface area contributed by atoms with Crippen molar-refractivity contribution >= 4 is 12.0 Å². The van der Waals surface area contributed by atoms with Crippen molar-refractivity contribution < 1.29 is 24.1 Å². The van der Waals surface area contributed by atoms with Gasteiger partial charge in [-0.05, 0) is 17.7 Å². The summed E-state index contributed by atoms with van der Waals surface area (Å²) in [6, 6.07) is 6.79. The number of hydrogen-bond donors (Lipinski definition) is 1. The van der Waals surface area contributed by atoms with E-state index in [4.69, 9.17) is 9.47 Å². The Morgan fingerprint density at radius 3 is 2.50 bits per heavy atom. The highest BCUT2D eigenvalue weighted by molar-refractivity contribution is 5.86. The van der Waals surface area contributed by atoms with Gasteiger partial charge in [-0.3, -0.25) is 0 Å². The molecule has 1 N–H and O–H groups in total. The van der Waals surface area contributed by atoms with E-state index in [9.17, 15) is 9.90 Å². The van der Waals surface area contributed by atoms with Gasteiger partial charge in [0, 0.05) is 25.9 Å². The van der Waals surface area contributed by atoms with E-state index in [0.29, 0.717) is 11.1 Å². The van der Waals surface area contributed by atoms with Crippen LogP contribution in [0.2, 0.25) is 0 Å². The summed E-state index contributed by atoms with van der Waals surface area (Å²) in [6.45, 7) is 0. The lowest BCUT2D eigenvalue weighted by Crippen LogP contribution is -2.30. The number of hydrogen-bond acceptors (Lipinski definition) is 5. The van der Waals surface area contributed by atoms with Gasteiger partial charge in [0.2, 0.25) is 0 Å². The molecule has 0 aliphatic rings. The third kappa shape index (κ3) is 3.40. The molecule has 0 aliphatic heterocycles. The van der Waals surface area contributed by atoms with Gasteiger partial charge in [0.15, 0.2) is 0 Å². The molecule has 0 saturated carbocycles. The summed E-state index contributed by atoms with van der Waals surface area (Å²) in [7, 11) is 3.97. The normalized spacial score (nSPS) is 11.8. The molecular weight excluding hydrogens is 236 g/mol. The molecular formula is C13H16O5. The van der Waals surface area contributed by atoms with Crippen LogP contribution in [0.15, 0.2) is 30.3 Å². The topological polar surface area (TPSA) is 65.0 Å². The molecule has 1 aromatic rings. The number of carbonyl (C=O) groups is 1. The molecule has 0 atom stereocenters. The van der Waals surface area contributed by atoms with Gasteiger partial charge in [-0.15, -0.1) is 0 Å². The second kappa shape index (κ2) is 6.30. The highest BCUT2D eigenvalue weighted by Gasteiger charge is 2.28. The second-order valence-corrected chi connectivity index (χ2v) is 3.47. The van der Waals surface area contributed by atoms with Gasteiger partial charge in [0.05, 0.1) is 7.11 Å². The zero-order valence-electron chi connectivity index (χ0n) is 10.5. The first-order valence-electron chi connectivity index (χ1n) is 5.25. The molecule has 0 aromatic heterocycles. The molecule has 0 aliphatic carbocycles. The maximum absolute atomic E-state index is 11.0. The lowest BCUT2D eigenvalue weighted by Gasteiger charge is -2.24. The molecule has 0 radical (unpaired) electrons. The molecule has 0 fully saturated rings. The summed E-state index contributed by atoms with van der Waals surface area (Å²) in [5, 5.41) is 9.99. The maximum Gasteiger partial charge on any atom is 0.330 e. The van der Waals surface area contributed by atoms with Gasteiger partial charge >= 0.3 is 11.9 Å². The highest BCUT2D eigenvalue weighted by atomic mass is 16.8. The molecule has 0 heterocycles. The largest absolute Gasteiger partial charge is 0.466 e. The van der Waals surface area contributed by atoms with Crippen LogP contribution in [-0.4, -0.2) is 32.4 Å². The Morgan fingerprint density at radius 2 is 1.94 bits per heavy atom. The van der Waals surface area contributed by atoms with Crippen LogP contribution in [0, 0.1) is 0 Å². The molecule has 0 spiro atoms. The molecule has 5 nitrogen and oxygen atoms in total. The highest BCUT2D eigenvalue weighted by Crippen LogP contribution is 2.23. The molecule has 0 unspecified atom stereocenters. The number of carbonyl (C=O) groups excluding carboxylic acids is 1. The van der Waals surface area contributed by atoms with Crippen LogP contribution in [0.3, 0.4) is 0 Å². The van der Waals surface area contributed by atoms with Crippen molar-refractivity contribution in [2.75, 3.05) is 21.3 Å². The van der Waals surface area contributed by atoms with Crippen LogP contribution in [0.1, 0.15) is 11.1 Å². The summed E-state index contributed by atoms with van der Waals surface area (Å²) in [6.07, 6.45) is 2.86. The fourth-order valence-corrected chi connectivity index (χ4v) is 1.39. The van der Waals surface area contributed by atoms with Gasteiger partial charge in [-0.2, -0.15) is 0 Å². The predicted molar refractivity (Wildman–Crippen MR) is 65.4 cm³/mol. The third-order valence-electron chi connectivity index (χ3n) is 2.42. The molecule has 1 rings (SSSR count). The van der Waals surface area contributed by atoms with Crippen molar-refractivity contribution in [3.63, 3.8) is 0 Å². The van der Waals surface area contributed by atoms with Crippen LogP contribution in [0.5, 0.6) is 0 Å². The fraction of sp³-hybridized carbons (Fsp3) is 0.308. The van der Waals surface area contributed by atoms with Gasteiger partial charge in [0.1, 0.15) is 0 Å². The Morgan fingerprint density at radius 1 is 1.28 bits per heavy atom.